The van der Waals surface area contributed by atoms with Crippen molar-refractivity contribution in [3.05, 3.63) is 28.8 Å². The van der Waals surface area contributed by atoms with Gasteiger partial charge in [-0.3, -0.25) is 9.78 Å². The van der Waals surface area contributed by atoms with Gasteiger partial charge in [-0.05, 0) is 28.9 Å². The number of nitrogens with zero attached hydrogens (tertiary/aromatic N) is 4. The zero-order valence-corrected chi connectivity index (χ0v) is 11.3. The molecule has 6 nitrogen and oxygen atoms in total. The number of aryl methyl sites for hydroxylation is 1. The summed E-state index contributed by atoms with van der Waals surface area (Å²) in [4.78, 5) is 14.7. The Morgan fingerprint density at radius 1 is 1.44 bits per heavy atom. The molecule has 0 amide bonds. The van der Waals surface area contributed by atoms with E-state index in [1.54, 1.807) is 23.9 Å². The third-order valence-electron chi connectivity index (χ3n) is 2.45. The topological polar surface area (TPSA) is 80.9 Å². The monoisotopic (exact) mass is 310 g/mol. The molecule has 7 heteroatoms. The summed E-state index contributed by atoms with van der Waals surface area (Å²) in [5.74, 6) is 0.468. The van der Waals surface area contributed by atoms with Gasteiger partial charge in [0.05, 0.1) is 6.42 Å². The Hall–Kier alpha value is -1.76. The van der Waals surface area contributed by atoms with Gasteiger partial charge in [-0.25, -0.2) is 0 Å². The SMILES string of the molecule is Cc1nnc(-c2cncc(Br)c2)n1CCC(=O)O. The van der Waals surface area contributed by atoms with Crippen LogP contribution < -0.4 is 0 Å². The Bertz CT molecular complexity index is 582. The van der Waals surface area contributed by atoms with Gasteiger partial charge in [0.15, 0.2) is 5.82 Å². The highest BCUT2D eigenvalue weighted by atomic mass is 79.9. The standard InChI is InChI=1S/C11H11BrN4O2/c1-7-14-15-11(16(7)3-2-10(17)18)8-4-9(12)6-13-5-8/h4-6H,2-3H2,1H3,(H,17,18). The van der Waals surface area contributed by atoms with Crippen LogP contribution in [0.5, 0.6) is 0 Å². The summed E-state index contributed by atoms with van der Waals surface area (Å²) in [6.07, 6.45) is 3.38. The van der Waals surface area contributed by atoms with E-state index in [9.17, 15) is 4.79 Å². The molecule has 0 aliphatic heterocycles. The highest BCUT2D eigenvalue weighted by Gasteiger charge is 2.12. The molecule has 2 aromatic heterocycles. The van der Waals surface area contributed by atoms with Crippen molar-refractivity contribution in [2.24, 2.45) is 0 Å². The summed E-state index contributed by atoms with van der Waals surface area (Å²) in [5.41, 5.74) is 0.801. The Morgan fingerprint density at radius 2 is 2.22 bits per heavy atom. The summed E-state index contributed by atoms with van der Waals surface area (Å²) in [5, 5.41) is 16.8. The van der Waals surface area contributed by atoms with Crippen molar-refractivity contribution in [3.63, 3.8) is 0 Å². The van der Waals surface area contributed by atoms with Crippen LogP contribution >= 0.6 is 15.9 Å². The van der Waals surface area contributed by atoms with Crippen molar-refractivity contribution in [3.8, 4) is 11.4 Å². The van der Waals surface area contributed by atoms with Crippen molar-refractivity contribution >= 4 is 21.9 Å². The number of pyridine rings is 1. The fourth-order valence-corrected chi connectivity index (χ4v) is 1.97. The second-order valence-electron chi connectivity index (χ2n) is 3.76. The van der Waals surface area contributed by atoms with Crippen molar-refractivity contribution in [1.29, 1.82) is 0 Å². The quantitative estimate of drug-likeness (QED) is 0.932. The van der Waals surface area contributed by atoms with E-state index in [0.29, 0.717) is 18.2 Å². The first-order valence-corrected chi connectivity index (χ1v) is 6.10. The first-order valence-electron chi connectivity index (χ1n) is 5.30. The van der Waals surface area contributed by atoms with Gasteiger partial charge < -0.3 is 9.67 Å². The van der Waals surface area contributed by atoms with Crippen LogP contribution in [0.4, 0.5) is 0 Å². The average Bonchev–Trinajstić information content (AvgIpc) is 2.68. The molecule has 0 radical (unpaired) electrons. The number of hydrogen-bond donors (Lipinski definition) is 1. The molecule has 0 aliphatic carbocycles. The van der Waals surface area contributed by atoms with Gasteiger partial charge >= 0.3 is 5.97 Å². The number of carboxylic acids is 1. The third-order valence-corrected chi connectivity index (χ3v) is 2.88. The molecule has 0 aliphatic rings. The molecule has 1 N–H and O–H groups in total. The van der Waals surface area contributed by atoms with E-state index in [0.717, 1.165) is 10.0 Å². The Balaban J connectivity index is 2.36. The lowest BCUT2D eigenvalue weighted by molar-refractivity contribution is -0.137. The van der Waals surface area contributed by atoms with Crippen LogP contribution in [0.1, 0.15) is 12.2 Å². The highest BCUT2D eigenvalue weighted by Crippen LogP contribution is 2.21. The van der Waals surface area contributed by atoms with Gasteiger partial charge in [0.2, 0.25) is 0 Å². The first-order chi connectivity index (χ1) is 8.58. The molecule has 0 fully saturated rings. The predicted octanol–water partition coefficient (Wildman–Crippen LogP) is 1.89. The fourth-order valence-electron chi connectivity index (χ4n) is 1.60. The van der Waals surface area contributed by atoms with Gasteiger partial charge in [0.25, 0.3) is 0 Å². The van der Waals surface area contributed by atoms with Crippen molar-refractivity contribution in [2.45, 2.75) is 19.9 Å². The van der Waals surface area contributed by atoms with Crippen LogP contribution in [0.2, 0.25) is 0 Å². The minimum absolute atomic E-state index is 0.0350. The number of aromatic nitrogens is 4. The smallest absolute Gasteiger partial charge is 0.305 e. The zero-order valence-electron chi connectivity index (χ0n) is 9.67. The van der Waals surface area contributed by atoms with Crippen LogP contribution in [0.15, 0.2) is 22.9 Å². The molecule has 0 unspecified atom stereocenters. The van der Waals surface area contributed by atoms with Crippen LogP contribution in [0.3, 0.4) is 0 Å². The van der Waals surface area contributed by atoms with E-state index in [1.165, 1.54) is 0 Å². The number of halogens is 1. The van der Waals surface area contributed by atoms with E-state index in [2.05, 4.69) is 31.1 Å². The van der Waals surface area contributed by atoms with E-state index < -0.39 is 5.97 Å². The van der Waals surface area contributed by atoms with Gasteiger partial charge in [-0.2, -0.15) is 0 Å². The molecule has 0 bridgehead atoms. The maximum absolute atomic E-state index is 10.6. The molecule has 18 heavy (non-hydrogen) atoms. The molecule has 2 rings (SSSR count). The maximum atomic E-state index is 10.6. The van der Waals surface area contributed by atoms with E-state index in [4.69, 9.17) is 5.11 Å². The first kappa shape index (κ1) is 12.7. The Morgan fingerprint density at radius 3 is 2.89 bits per heavy atom. The summed E-state index contributed by atoms with van der Waals surface area (Å²) < 4.78 is 2.61. The van der Waals surface area contributed by atoms with Crippen molar-refractivity contribution in [1.82, 2.24) is 19.7 Å². The molecule has 0 saturated heterocycles. The van der Waals surface area contributed by atoms with Crippen LogP contribution in [0.25, 0.3) is 11.4 Å². The number of hydrogen-bond acceptors (Lipinski definition) is 4. The molecule has 0 aromatic carbocycles. The summed E-state index contributed by atoms with van der Waals surface area (Å²) >= 11 is 3.34. The van der Waals surface area contributed by atoms with Gasteiger partial charge in [-0.15, -0.1) is 10.2 Å². The van der Waals surface area contributed by atoms with E-state index >= 15 is 0 Å². The van der Waals surface area contributed by atoms with E-state index in [-0.39, 0.29) is 6.42 Å². The number of carboxylic acid groups (broad SMARTS) is 1. The minimum Gasteiger partial charge on any atom is -0.481 e. The number of aliphatic carboxylic acids is 1. The van der Waals surface area contributed by atoms with Crippen LogP contribution in [0, 0.1) is 6.92 Å². The fraction of sp³-hybridized carbons (Fsp3) is 0.273. The second-order valence-corrected chi connectivity index (χ2v) is 4.67. The normalized spacial score (nSPS) is 10.6. The minimum atomic E-state index is -0.846. The number of rotatable bonds is 4. The number of carbonyl (C=O) groups is 1. The predicted molar refractivity (Wildman–Crippen MR) is 67.9 cm³/mol. The molecule has 0 atom stereocenters. The van der Waals surface area contributed by atoms with Crippen LogP contribution in [-0.4, -0.2) is 30.8 Å². The molecular weight excluding hydrogens is 300 g/mol. The van der Waals surface area contributed by atoms with Crippen molar-refractivity contribution < 1.29 is 9.90 Å². The highest BCUT2D eigenvalue weighted by molar-refractivity contribution is 9.10. The Kier molecular flexibility index (Phi) is 3.71. The molecule has 2 aromatic rings. The lowest BCUT2D eigenvalue weighted by Crippen LogP contribution is -2.07. The largest absolute Gasteiger partial charge is 0.481 e. The molecule has 0 saturated carbocycles. The summed E-state index contributed by atoms with van der Waals surface area (Å²) in [6.45, 7) is 2.14. The Labute approximate surface area is 112 Å². The molecular formula is C11H11BrN4O2. The average molecular weight is 311 g/mol. The zero-order chi connectivity index (χ0) is 13.1. The van der Waals surface area contributed by atoms with Gasteiger partial charge in [0.1, 0.15) is 5.82 Å². The molecule has 94 valence electrons. The lowest BCUT2D eigenvalue weighted by atomic mass is 10.2. The summed E-state index contributed by atoms with van der Waals surface area (Å²) in [6, 6.07) is 1.87. The molecule has 2 heterocycles. The second kappa shape index (κ2) is 5.26. The summed E-state index contributed by atoms with van der Waals surface area (Å²) in [7, 11) is 0. The lowest BCUT2D eigenvalue weighted by Gasteiger charge is -2.06. The van der Waals surface area contributed by atoms with Crippen molar-refractivity contribution in [2.75, 3.05) is 0 Å². The van der Waals surface area contributed by atoms with E-state index in [1.807, 2.05) is 6.07 Å². The van der Waals surface area contributed by atoms with Crippen LogP contribution in [-0.2, 0) is 11.3 Å². The molecule has 0 spiro atoms. The van der Waals surface area contributed by atoms with Gasteiger partial charge in [0, 0.05) is 29.0 Å². The van der Waals surface area contributed by atoms with Gasteiger partial charge in [-0.1, -0.05) is 0 Å². The third kappa shape index (κ3) is 2.73. The maximum Gasteiger partial charge on any atom is 0.305 e.